The number of fused-ring (bicyclic) bond motifs is 1. The first-order valence-corrected chi connectivity index (χ1v) is 7.36. The number of carbonyl (C=O) groups excluding carboxylic acids is 1. The van der Waals surface area contributed by atoms with Crippen LogP contribution in [0.1, 0.15) is 23.1 Å². The molecule has 3 rings (SSSR count). The van der Waals surface area contributed by atoms with E-state index in [0.29, 0.717) is 13.0 Å². The molecule has 0 aromatic heterocycles. The summed E-state index contributed by atoms with van der Waals surface area (Å²) in [6, 6.07) is 6.25. The van der Waals surface area contributed by atoms with Gasteiger partial charge in [-0.1, -0.05) is 18.2 Å². The van der Waals surface area contributed by atoms with Crippen LogP contribution in [0.15, 0.2) is 18.2 Å². The molecule has 0 bridgehead atoms. The number of benzene rings is 1. The van der Waals surface area contributed by atoms with E-state index in [1.807, 2.05) is 6.07 Å². The molecule has 112 valence electrons. The zero-order chi connectivity index (χ0) is 14.8. The van der Waals surface area contributed by atoms with E-state index in [1.165, 1.54) is 17.5 Å². The first kappa shape index (κ1) is 14.1. The number of nitrogens with zero attached hydrogens (tertiary/aromatic N) is 1. The quantitative estimate of drug-likeness (QED) is 0.902. The lowest BCUT2D eigenvalue weighted by molar-refractivity contribution is -0.159. The van der Waals surface area contributed by atoms with Crippen LogP contribution in [-0.4, -0.2) is 47.7 Å². The number of amides is 1. The van der Waals surface area contributed by atoms with E-state index >= 15 is 0 Å². The average Bonchev–Trinajstić information content (AvgIpc) is 2.95. The van der Waals surface area contributed by atoms with Crippen LogP contribution in [0.3, 0.4) is 0 Å². The number of carboxylic acids is 1. The van der Waals surface area contributed by atoms with E-state index < -0.39 is 12.1 Å². The van der Waals surface area contributed by atoms with E-state index in [0.717, 1.165) is 18.4 Å². The molecule has 1 aliphatic heterocycles. The first-order valence-electron chi connectivity index (χ1n) is 7.36. The molecule has 5 heteroatoms. The van der Waals surface area contributed by atoms with Crippen LogP contribution in [-0.2, 0) is 33.6 Å². The number of aryl methyl sites for hydroxylation is 2. The second kappa shape index (κ2) is 5.85. The van der Waals surface area contributed by atoms with Gasteiger partial charge in [0.25, 0.3) is 0 Å². The molecule has 1 amide bonds. The SMILES string of the molecule is O=C(O)[C@@H]1CN(C(=O)Cc2ccc3c(c2)CCC3)CCO1. The number of rotatable bonds is 3. The molecular weight excluding hydrogens is 270 g/mol. The number of hydrogen-bond donors (Lipinski definition) is 1. The van der Waals surface area contributed by atoms with Gasteiger partial charge in [-0.25, -0.2) is 4.79 Å². The Morgan fingerprint density at radius 2 is 2.10 bits per heavy atom. The summed E-state index contributed by atoms with van der Waals surface area (Å²) in [5, 5.41) is 8.97. The molecule has 1 aliphatic carbocycles. The number of ether oxygens (including phenoxy) is 1. The molecular formula is C16H19NO4. The van der Waals surface area contributed by atoms with Crippen LogP contribution in [0.25, 0.3) is 0 Å². The minimum absolute atomic E-state index is 0.0255. The van der Waals surface area contributed by atoms with Crippen LogP contribution < -0.4 is 0 Å². The molecule has 21 heavy (non-hydrogen) atoms. The predicted octanol–water partition coefficient (Wildman–Crippen LogP) is 1.03. The van der Waals surface area contributed by atoms with Crippen molar-refractivity contribution < 1.29 is 19.4 Å². The maximum absolute atomic E-state index is 12.3. The fourth-order valence-electron chi connectivity index (χ4n) is 3.05. The summed E-state index contributed by atoms with van der Waals surface area (Å²) in [4.78, 5) is 24.9. The molecule has 1 aromatic rings. The Bertz CT molecular complexity index is 569. The van der Waals surface area contributed by atoms with E-state index in [-0.39, 0.29) is 19.1 Å². The molecule has 1 N–H and O–H groups in total. The lowest BCUT2D eigenvalue weighted by Gasteiger charge is -2.31. The van der Waals surface area contributed by atoms with Gasteiger partial charge in [0.2, 0.25) is 5.91 Å². The number of morpholine rings is 1. The zero-order valence-electron chi connectivity index (χ0n) is 11.9. The van der Waals surface area contributed by atoms with Gasteiger partial charge in [0, 0.05) is 6.54 Å². The Hall–Kier alpha value is -1.88. The van der Waals surface area contributed by atoms with Gasteiger partial charge in [-0.3, -0.25) is 4.79 Å². The summed E-state index contributed by atoms with van der Waals surface area (Å²) in [5.74, 6) is -1.03. The van der Waals surface area contributed by atoms with Crippen molar-refractivity contribution >= 4 is 11.9 Å². The molecule has 2 aliphatic rings. The van der Waals surface area contributed by atoms with Crippen molar-refractivity contribution in [3.8, 4) is 0 Å². The summed E-state index contributed by atoms with van der Waals surface area (Å²) in [7, 11) is 0. The van der Waals surface area contributed by atoms with Gasteiger partial charge in [0.05, 0.1) is 19.6 Å². The Morgan fingerprint density at radius 3 is 2.90 bits per heavy atom. The van der Waals surface area contributed by atoms with Crippen molar-refractivity contribution in [1.29, 1.82) is 0 Å². The molecule has 1 aromatic carbocycles. The minimum Gasteiger partial charge on any atom is -0.479 e. The van der Waals surface area contributed by atoms with E-state index in [4.69, 9.17) is 9.84 Å². The average molecular weight is 289 g/mol. The van der Waals surface area contributed by atoms with Crippen molar-refractivity contribution in [2.75, 3.05) is 19.7 Å². The summed E-state index contributed by atoms with van der Waals surface area (Å²) in [6.07, 6.45) is 2.85. The number of hydrogen-bond acceptors (Lipinski definition) is 3. The molecule has 0 radical (unpaired) electrons. The molecule has 0 spiro atoms. The second-order valence-corrected chi connectivity index (χ2v) is 5.67. The van der Waals surface area contributed by atoms with Gasteiger partial charge in [0.1, 0.15) is 0 Å². The molecule has 1 heterocycles. The number of carbonyl (C=O) groups is 2. The normalized spacial score (nSPS) is 21.1. The van der Waals surface area contributed by atoms with E-state index in [2.05, 4.69) is 12.1 Å². The zero-order valence-corrected chi connectivity index (χ0v) is 11.9. The minimum atomic E-state index is -1.01. The lowest BCUT2D eigenvalue weighted by Crippen LogP contribution is -2.49. The maximum Gasteiger partial charge on any atom is 0.334 e. The van der Waals surface area contributed by atoms with Gasteiger partial charge < -0.3 is 14.7 Å². The Kier molecular flexibility index (Phi) is 3.92. The van der Waals surface area contributed by atoms with Crippen molar-refractivity contribution in [3.05, 3.63) is 34.9 Å². The first-order chi connectivity index (χ1) is 10.1. The van der Waals surface area contributed by atoms with Gasteiger partial charge in [-0.2, -0.15) is 0 Å². The molecule has 1 fully saturated rings. The van der Waals surface area contributed by atoms with Crippen LogP contribution in [0.4, 0.5) is 0 Å². The Morgan fingerprint density at radius 1 is 1.29 bits per heavy atom. The van der Waals surface area contributed by atoms with Crippen molar-refractivity contribution in [2.24, 2.45) is 0 Å². The van der Waals surface area contributed by atoms with Crippen molar-refractivity contribution in [1.82, 2.24) is 4.90 Å². The van der Waals surface area contributed by atoms with Crippen LogP contribution in [0, 0.1) is 0 Å². The monoisotopic (exact) mass is 289 g/mol. The third kappa shape index (κ3) is 3.08. The highest BCUT2D eigenvalue weighted by atomic mass is 16.5. The third-order valence-corrected chi connectivity index (χ3v) is 4.21. The molecule has 0 unspecified atom stereocenters. The Balaban J connectivity index is 1.64. The van der Waals surface area contributed by atoms with Crippen molar-refractivity contribution in [2.45, 2.75) is 31.8 Å². The van der Waals surface area contributed by atoms with Crippen LogP contribution >= 0.6 is 0 Å². The fraction of sp³-hybridized carbons (Fsp3) is 0.500. The summed E-state index contributed by atoms with van der Waals surface area (Å²) in [5.41, 5.74) is 3.76. The van der Waals surface area contributed by atoms with Crippen LogP contribution in [0.5, 0.6) is 0 Å². The molecule has 1 atom stereocenters. The predicted molar refractivity (Wildman–Crippen MR) is 76.1 cm³/mol. The van der Waals surface area contributed by atoms with Gasteiger partial charge >= 0.3 is 5.97 Å². The van der Waals surface area contributed by atoms with Crippen molar-refractivity contribution in [3.63, 3.8) is 0 Å². The smallest absolute Gasteiger partial charge is 0.334 e. The summed E-state index contributed by atoms with van der Waals surface area (Å²) < 4.78 is 5.14. The Labute approximate surface area is 123 Å². The second-order valence-electron chi connectivity index (χ2n) is 5.67. The van der Waals surface area contributed by atoms with E-state index in [9.17, 15) is 9.59 Å². The van der Waals surface area contributed by atoms with Crippen LogP contribution in [0.2, 0.25) is 0 Å². The molecule has 5 nitrogen and oxygen atoms in total. The molecule has 0 saturated carbocycles. The van der Waals surface area contributed by atoms with Gasteiger partial charge in [0.15, 0.2) is 6.10 Å². The maximum atomic E-state index is 12.3. The summed E-state index contributed by atoms with van der Waals surface area (Å²) >= 11 is 0. The highest BCUT2D eigenvalue weighted by Gasteiger charge is 2.28. The topological polar surface area (TPSA) is 66.8 Å². The standard InChI is InChI=1S/C16H19NO4/c18-15(17-6-7-21-14(10-17)16(19)20)9-11-4-5-12-2-1-3-13(12)8-11/h4-5,8,14H,1-3,6-7,9-10H2,(H,19,20)/t14-/m0/s1. The van der Waals surface area contributed by atoms with Gasteiger partial charge in [-0.15, -0.1) is 0 Å². The molecule has 1 saturated heterocycles. The number of carboxylic acid groups (broad SMARTS) is 1. The highest BCUT2D eigenvalue weighted by molar-refractivity contribution is 5.80. The largest absolute Gasteiger partial charge is 0.479 e. The van der Waals surface area contributed by atoms with Gasteiger partial charge in [-0.05, 0) is 36.0 Å². The number of aliphatic carboxylic acids is 1. The highest BCUT2D eigenvalue weighted by Crippen LogP contribution is 2.23. The summed E-state index contributed by atoms with van der Waals surface area (Å²) in [6.45, 7) is 0.888. The lowest BCUT2D eigenvalue weighted by atomic mass is 10.0. The van der Waals surface area contributed by atoms with E-state index in [1.54, 1.807) is 4.90 Å². The third-order valence-electron chi connectivity index (χ3n) is 4.21. The fourth-order valence-corrected chi connectivity index (χ4v) is 3.05.